The van der Waals surface area contributed by atoms with Gasteiger partial charge in [0.05, 0.1) is 11.3 Å². The Hall–Kier alpha value is -3.53. The summed E-state index contributed by atoms with van der Waals surface area (Å²) in [5.74, 6) is -1.01. The highest BCUT2D eigenvalue weighted by atomic mass is 19.2. The maximum atomic E-state index is 13.2. The van der Waals surface area contributed by atoms with Crippen molar-refractivity contribution in [2.45, 2.75) is 0 Å². The Bertz CT molecular complexity index is 921. The number of halogens is 2. The number of nitriles is 1. The summed E-state index contributed by atoms with van der Waals surface area (Å²) in [6, 6.07) is 14.1. The Morgan fingerprint density at radius 2 is 1.62 bits per heavy atom. The number of benzene rings is 2. The zero-order chi connectivity index (χ0) is 16.9. The maximum Gasteiger partial charge on any atom is 0.160 e. The molecule has 3 rings (SSSR count). The first-order valence-corrected chi connectivity index (χ1v) is 6.96. The van der Waals surface area contributed by atoms with E-state index in [1.165, 1.54) is 12.4 Å². The van der Waals surface area contributed by atoms with E-state index in [1.807, 2.05) is 0 Å². The van der Waals surface area contributed by atoms with Crippen LogP contribution in [0, 0.1) is 23.0 Å². The lowest BCUT2D eigenvalue weighted by molar-refractivity contribution is 0.509. The summed E-state index contributed by atoms with van der Waals surface area (Å²) < 4.78 is 26.2. The molecule has 118 valence electrons. The van der Waals surface area contributed by atoms with E-state index < -0.39 is 11.6 Å². The Balaban J connectivity index is 1.81. The molecule has 0 radical (unpaired) electrons. The van der Waals surface area contributed by atoms with Crippen LogP contribution in [-0.4, -0.2) is 9.97 Å². The predicted molar refractivity (Wildman–Crippen MR) is 86.1 cm³/mol. The molecule has 2 aromatic carbocycles. The molecule has 2 N–H and O–H groups in total. The average Bonchev–Trinajstić information content (AvgIpc) is 2.59. The third-order valence-corrected chi connectivity index (χ3v) is 3.17. The van der Waals surface area contributed by atoms with Crippen LogP contribution in [0.1, 0.15) is 5.56 Å². The molecule has 0 aliphatic carbocycles. The number of nitrogens with one attached hydrogen (secondary N) is 2. The second-order valence-electron chi connectivity index (χ2n) is 4.82. The van der Waals surface area contributed by atoms with Crippen molar-refractivity contribution < 1.29 is 8.78 Å². The topological polar surface area (TPSA) is 73.6 Å². The number of nitrogens with zero attached hydrogens (tertiary/aromatic N) is 3. The van der Waals surface area contributed by atoms with Gasteiger partial charge < -0.3 is 10.6 Å². The van der Waals surface area contributed by atoms with E-state index in [1.54, 1.807) is 30.3 Å². The average molecular weight is 323 g/mol. The van der Waals surface area contributed by atoms with Crippen molar-refractivity contribution >= 4 is 23.0 Å². The molecule has 1 aromatic heterocycles. The van der Waals surface area contributed by atoms with Gasteiger partial charge in [-0.15, -0.1) is 0 Å². The van der Waals surface area contributed by atoms with E-state index in [-0.39, 0.29) is 0 Å². The molecular weight excluding hydrogens is 312 g/mol. The molecule has 0 spiro atoms. The molecule has 7 heteroatoms. The van der Waals surface area contributed by atoms with E-state index in [0.717, 1.165) is 12.1 Å². The third-order valence-electron chi connectivity index (χ3n) is 3.17. The molecule has 0 saturated carbocycles. The van der Waals surface area contributed by atoms with Crippen LogP contribution in [0.25, 0.3) is 0 Å². The minimum absolute atomic E-state index is 0.357. The van der Waals surface area contributed by atoms with Gasteiger partial charge in [-0.1, -0.05) is 12.1 Å². The summed E-state index contributed by atoms with van der Waals surface area (Å²) in [6.07, 6.45) is 1.32. The van der Waals surface area contributed by atoms with Crippen LogP contribution in [0.15, 0.2) is 54.9 Å². The molecular formula is C17H11F2N5. The number of aromatic nitrogens is 2. The summed E-state index contributed by atoms with van der Waals surface area (Å²) >= 11 is 0. The first-order chi connectivity index (χ1) is 11.7. The van der Waals surface area contributed by atoms with Crippen molar-refractivity contribution in [2.75, 3.05) is 10.6 Å². The fraction of sp³-hybridized carbons (Fsp3) is 0. The van der Waals surface area contributed by atoms with Gasteiger partial charge in [-0.25, -0.2) is 18.7 Å². The van der Waals surface area contributed by atoms with Crippen molar-refractivity contribution in [3.63, 3.8) is 0 Å². The number of para-hydroxylation sites is 1. The highest BCUT2D eigenvalue weighted by Gasteiger charge is 2.06. The molecule has 0 bridgehead atoms. The SMILES string of the molecule is N#Cc1ccccc1Nc1cc(Nc2ccc(F)c(F)c2)ncn1. The van der Waals surface area contributed by atoms with Gasteiger partial charge in [0.1, 0.15) is 24.0 Å². The Kier molecular flexibility index (Phi) is 4.29. The number of rotatable bonds is 4. The van der Waals surface area contributed by atoms with Gasteiger partial charge in [0.15, 0.2) is 11.6 Å². The summed E-state index contributed by atoms with van der Waals surface area (Å²) in [6.45, 7) is 0. The third kappa shape index (κ3) is 3.44. The second kappa shape index (κ2) is 6.71. The van der Waals surface area contributed by atoms with E-state index in [2.05, 4.69) is 26.7 Å². The van der Waals surface area contributed by atoms with Gasteiger partial charge in [0.2, 0.25) is 0 Å². The van der Waals surface area contributed by atoms with Gasteiger partial charge in [-0.3, -0.25) is 0 Å². The second-order valence-corrected chi connectivity index (χ2v) is 4.82. The van der Waals surface area contributed by atoms with Gasteiger partial charge in [-0.2, -0.15) is 5.26 Å². The van der Waals surface area contributed by atoms with Crippen LogP contribution in [0.4, 0.5) is 31.8 Å². The van der Waals surface area contributed by atoms with Crippen molar-refractivity contribution in [3.8, 4) is 6.07 Å². The zero-order valence-corrected chi connectivity index (χ0v) is 12.3. The smallest absolute Gasteiger partial charge is 0.160 e. The van der Waals surface area contributed by atoms with E-state index in [9.17, 15) is 8.78 Å². The molecule has 0 saturated heterocycles. The monoisotopic (exact) mass is 323 g/mol. The molecule has 1 heterocycles. The van der Waals surface area contributed by atoms with Crippen LogP contribution in [0.2, 0.25) is 0 Å². The van der Waals surface area contributed by atoms with Crippen molar-refractivity contribution in [2.24, 2.45) is 0 Å². The molecule has 0 amide bonds. The van der Waals surface area contributed by atoms with E-state index >= 15 is 0 Å². The molecule has 3 aromatic rings. The standard InChI is InChI=1S/C17H11F2N5/c18-13-6-5-12(7-14(13)19)23-16-8-17(22-10-21-16)24-15-4-2-1-3-11(15)9-20/h1-8,10H,(H2,21,22,23,24). The molecule has 0 atom stereocenters. The Morgan fingerprint density at radius 3 is 2.38 bits per heavy atom. The fourth-order valence-electron chi connectivity index (χ4n) is 2.04. The van der Waals surface area contributed by atoms with Crippen LogP contribution in [0.3, 0.4) is 0 Å². The lowest BCUT2D eigenvalue weighted by Crippen LogP contribution is -2.00. The minimum Gasteiger partial charge on any atom is -0.340 e. The first-order valence-electron chi connectivity index (χ1n) is 6.96. The van der Waals surface area contributed by atoms with E-state index in [4.69, 9.17) is 5.26 Å². The maximum absolute atomic E-state index is 13.2. The highest BCUT2D eigenvalue weighted by molar-refractivity contribution is 5.67. The Labute approximate surface area is 136 Å². The number of anilines is 4. The predicted octanol–water partition coefficient (Wildman–Crippen LogP) is 4.11. The van der Waals surface area contributed by atoms with Gasteiger partial charge in [0.25, 0.3) is 0 Å². The first kappa shape index (κ1) is 15.4. The number of hydrogen-bond donors (Lipinski definition) is 2. The van der Waals surface area contributed by atoms with Crippen molar-refractivity contribution in [3.05, 3.63) is 72.1 Å². The molecule has 0 aliphatic rings. The van der Waals surface area contributed by atoms with Crippen LogP contribution in [0.5, 0.6) is 0 Å². The molecule has 5 nitrogen and oxygen atoms in total. The van der Waals surface area contributed by atoms with Gasteiger partial charge in [0, 0.05) is 17.8 Å². The number of hydrogen-bond acceptors (Lipinski definition) is 5. The van der Waals surface area contributed by atoms with Crippen molar-refractivity contribution in [1.29, 1.82) is 5.26 Å². The Morgan fingerprint density at radius 1 is 0.875 bits per heavy atom. The largest absolute Gasteiger partial charge is 0.340 e. The normalized spacial score (nSPS) is 10.0. The minimum atomic E-state index is -0.949. The molecule has 24 heavy (non-hydrogen) atoms. The zero-order valence-electron chi connectivity index (χ0n) is 12.3. The quantitative estimate of drug-likeness (QED) is 0.756. The highest BCUT2D eigenvalue weighted by Crippen LogP contribution is 2.22. The summed E-state index contributed by atoms with van der Waals surface area (Å²) in [4.78, 5) is 8.11. The van der Waals surface area contributed by atoms with Crippen LogP contribution >= 0.6 is 0 Å². The molecule has 0 unspecified atom stereocenters. The van der Waals surface area contributed by atoms with Crippen molar-refractivity contribution in [1.82, 2.24) is 9.97 Å². The van der Waals surface area contributed by atoms with E-state index in [0.29, 0.717) is 28.6 Å². The summed E-state index contributed by atoms with van der Waals surface area (Å²) in [5, 5.41) is 15.0. The van der Waals surface area contributed by atoms with Crippen LogP contribution in [-0.2, 0) is 0 Å². The molecule has 0 fully saturated rings. The molecule has 0 aliphatic heterocycles. The summed E-state index contributed by atoms with van der Waals surface area (Å²) in [5.41, 5.74) is 1.44. The lowest BCUT2D eigenvalue weighted by atomic mass is 10.2. The lowest BCUT2D eigenvalue weighted by Gasteiger charge is -2.09. The van der Waals surface area contributed by atoms with Gasteiger partial charge in [-0.05, 0) is 24.3 Å². The summed E-state index contributed by atoms with van der Waals surface area (Å²) in [7, 11) is 0. The fourth-order valence-corrected chi connectivity index (χ4v) is 2.04. The van der Waals surface area contributed by atoms with Crippen LogP contribution < -0.4 is 10.6 Å². The van der Waals surface area contributed by atoms with Gasteiger partial charge >= 0.3 is 0 Å².